The molecule has 2 heteroatoms. The number of hydrogen-bond acceptors (Lipinski definition) is 1. The van der Waals surface area contributed by atoms with Crippen LogP contribution in [0.3, 0.4) is 0 Å². The van der Waals surface area contributed by atoms with Gasteiger partial charge in [-0.15, -0.1) is 0 Å². The van der Waals surface area contributed by atoms with Gasteiger partial charge < -0.3 is 0 Å². The Balaban J connectivity index is 3.25. The van der Waals surface area contributed by atoms with Crippen molar-refractivity contribution in [2.24, 2.45) is 7.05 Å². The summed E-state index contributed by atoms with van der Waals surface area (Å²) in [4.78, 5) is 0. The monoisotopic (exact) mass is 123 g/mol. The van der Waals surface area contributed by atoms with Crippen LogP contribution in [0.1, 0.15) is 5.56 Å². The molecule has 2 N–H and O–H groups in total. The molecule has 0 bridgehead atoms. The van der Waals surface area contributed by atoms with Crippen molar-refractivity contribution < 1.29 is 4.57 Å². The molecule has 1 aromatic heterocycles. The Kier molecular flexibility index (Phi) is 1.39. The second-order valence-corrected chi connectivity index (χ2v) is 2.19. The molecule has 0 spiro atoms. The van der Waals surface area contributed by atoms with Gasteiger partial charge in [0.15, 0.2) is 0 Å². The molecule has 1 rings (SSSR count). The summed E-state index contributed by atoms with van der Waals surface area (Å²) in [5.41, 5.74) is 6.77. The van der Waals surface area contributed by atoms with Crippen LogP contribution in [0.15, 0.2) is 18.3 Å². The van der Waals surface area contributed by atoms with Gasteiger partial charge in [-0.2, -0.15) is 0 Å². The van der Waals surface area contributed by atoms with Crippen molar-refractivity contribution in [2.45, 2.75) is 6.92 Å². The Morgan fingerprint density at radius 1 is 1.56 bits per heavy atom. The maximum absolute atomic E-state index is 5.64. The number of aromatic nitrogens is 1. The van der Waals surface area contributed by atoms with Crippen molar-refractivity contribution in [2.75, 3.05) is 5.73 Å². The fourth-order valence-corrected chi connectivity index (χ4v) is 0.760. The molecular weight excluding hydrogens is 112 g/mol. The zero-order valence-corrected chi connectivity index (χ0v) is 5.76. The minimum absolute atomic E-state index is 0.831. The molecule has 0 saturated carbocycles. The van der Waals surface area contributed by atoms with Gasteiger partial charge >= 0.3 is 0 Å². The van der Waals surface area contributed by atoms with Crippen molar-refractivity contribution in [1.82, 2.24) is 0 Å². The highest BCUT2D eigenvalue weighted by molar-refractivity contribution is 5.31. The van der Waals surface area contributed by atoms with Crippen molar-refractivity contribution in [3.63, 3.8) is 0 Å². The largest absolute Gasteiger partial charge is 0.287 e. The number of rotatable bonds is 0. The first-order valence-corrected chi connectivity index (χ1v) is 2.92. The van der Waals surface area contributed by atoms with Gasteiger partial charge in [-0.3, -0.25) is 5.73 Å². The maximum Gasteiger partial charge on any atom is 0.274 e. The number of anilines is 1. The number of hydrogen-bond donors (Lipinski definition) is 1. The molecule has 0 aromatic carbocycles. The third-order valence-corrected chi connectivity index (χ3v) is 1.44. The summed E-state index contributed by atoms with van der Waals surface area (Å²) >= 11 is 0. The average molecular weight is 123 g/mol. The standard InChI is InChI=1S/C7H10N2/c1-6-4-3-5-9(2)7(6)8/h3-5,8H,1-2H3/p+1. The Morgan fingerprint density at radius 2 is 2.22 bits per heavy atom. The zero-order chi connectivity index (χ0) is 6.85. The van der Waals surface area contributed by atoms with Crippen LogP contribution in [-0.4, -0.2) is 0 Å². The summed E-state index contributed by atoms with van der Waals surface area (Å²) in [6.07, 6.45) is 1.93. The first-order valence-electron chi connectivity index (χ1n) is 2.92. The number of pyridine rings is 1. The predicted molar refractivity (Wildman–Crippen MR) is 36.8 cm³/mol. The average Bonchev–Trinajstić information content (AvgIpc) is 1.83. The van der Waals surface area contributed by atoms with Gasteiger partial charge in [0.2, 0.25) is 0 Å². The van der Waals surface area contributed by atoms with Gasteiger partial charge in [-0.05, 0) is 19.1 Å². The molecule has 0 fully saturated rings. The van der Waals surface area contributed by atoms with Crippen LogP contribution < -0.4 is 10.3 Å². The topological polar surface area (TPSA) is 29.9 Å². The van der Waals surface area contributed by atoms with Gasteiger partial charge in [0, 0.05) is 5.56 Å². The lowest BCUT2D eigenvalue weighted by Gasteiger charge is -1.95. The SMILES string of the molecule is Cc1ccc[n+](C)c1N. The molecule has 0 amide bonds. The summed E-state index contributed by atoms with van der Waals surface area (Å²) in [5, 5.41) is 0. The Hall–Kier alpha value is -1.05. The van der Waals surface area contributed by atoms with Crippen molar-refractivity contribution in [3.8, 4) is 0 Å². The molecule has 0 saturated heterocycles. The molecule has 1 heterocycles. The lowest BCUT2D eigenvalue weighted by molar-refractivity contribution is -0.657. The molecule has 9 heavy (non-hydrogen) atoms. The van der Waals surface area contributed by atoms with Gasteiger partial charge in [0.25, 0.3) is 5.82 Å². The highest BCUT2D eigenvalue weighted by atomic mass is 15.0. The lowest BCUT2D eigenvalue weighted by Crippen LogP contribution is -2.32. The molecule has 2 nitrogen and oxygen atoms in total. The molecule has 0 aliphatic heterocycles. The third kappa shape index (κ3) is 1.02. The van der Waals surface area contributed by atoms with Crippen molar-refractivity contribution >= 4 is 5.82 Å². The highest BCUT2D eigenvalue weighted by Gasteiger charge is 1.99. The summed E-state index contributed by atoms with van der Waals surface area (Å²) < 4.78 is 1.90. The normalized spacial score (nSPS) is 9.56. The fraction of sp³-hybridized carbons (Fsp3) is 0.286. The van der Waals surface area contributed by atoms with Crippen molar-refractivity contribution in [3.05, 3.63) is 23.9 Å². The number of aryl methyl sites for hydroxylation is 2. The molecular formula is C7H11N2+. The molecule has 48 valence electrons. The highest BCUT2D eigenvalue weighted by Crippen LogP contribution is 1.99. The fourth-order valence-electron chi connectivity index (χ4n) is 0.760. The molecule has 0 radical (unpaired) electrons. The summed E-state index contributed by atoms with van der Waals surface area (Å²) in [6, 6.07) is 3.97. The van der Waals surface area contributed by atoms with Crippen LogP contribution in [-0.2, 0) is 7.05 Å². The van der Waals surface area contributed by atoms with Crippen LogP contribution >= 0.6 is 0 Å². The third-order valence-electron chi connectivity index (χ3n) is 1.44. The smallest absolute Gasteiger partial charge is 0.274 e. The zero-order valence-electron chi connectivity index (χ0n) is 5.76. The Morgan fingerprint density at radius 3 is 2.67 bits per heavy atom. The lowest BCUT2D eigenvalue weighted by atomic mass is 10.3. The number of nitrogens with zero attached hydrogens (tertiary/aromatic N) is 1. The van der Waals surface area contributed by atoms with E-state index in [1.54, 1.807) is 0 Å². The van der Waals surface area contributed by atoms with Crippen LogP contribution in [0.25, 0.3) is 0 Å². The van der Waals surface area contributed by atoms with Gasteiger partial charge in [-0.25, -0.2) is 4.57 Å². The van der Waals surface area contributed by atoms with E-state index in [1.165, 1.54) is 0 Å². The van der Waals surface area contributed by atoms with E-state index >= 15 is 0 Å². The van der Waals surface area contributed by atoms with E-state index in [0.29, 0.717) is 0 Å². The Bertz CT molecular complexity index is 198. The van der Waals surface area contributed by atoms with E-state index in [0.717, 1.165) is 11.4 Å². The molecule has 0 unspecified atom stereocenters. The minimum atomic E-state index is 0.831. The van der Waals surface area contributed by atoms with Crippen LogP contribution in [0, 0.1) is 6.92 Å². The molecule has 0 aliphatic rings. The van der Waals surface area contributed by atoms with Crippen LogP contribution in [0.4, 0.5) is 5.82 Å². The van der Waals surface area contributed by atoms with E-state index in [4.69, 9.17) is 5.73 Å². The van der Waals surface area contributed by atoms with Gasteiger partial charge in [0.05, 0.1) is 13.2 Å². The first-order chi connectivity index (χ1) is 4.22. The quantitative estimate of drug-likeness (QED) is 0.497. The summed E-state index contributed by atoms with van der Waals surface area (Å²) in [7, 11) is 1.93. The maximum atomic E-state index is 5.64. The van der Waals surface area contributed by atoms with Crippen LogP contribution in [0.2, 0.25) is 0 Å². The summed E-state index contributed by atoms with van der Waals surface area (Å²) in [6.45, 7) is 2.00. The number of nitrogen functional groups attached to an aromatic ring is 1. The van der Waals surface area contributed by atoms with Crippen molar-refractivity contribution in [1.29, 1.82) is 0 Å². The summed E-state index contributed by atoms with van der Waals surface area (Å²) in [5.74, 6) is 0.831. The number of nitrogens with two attached hydrogens (primary N) is 1. The molecule has 0 atom stereocenters. The first kappa shape index (κ1) is 6.08. The Labute approximate surface area is 54.9 Å². The second-order valence-electron chi connectivity index (χ2n) is 2.19. The van der Waals surface area contributed by atoms with Gasteiger partial charge in [-0.1, -0.05) is 0 Å². The van der Waals surface area contributed by atoms with Crippen LogP contribution in [0.5, 0.6) is 0 Å². The second kappa shape index (κ2) is 2.05. The van der Waals surface area contributed by atoms with E-state index in [1.807, 2.05) is 36.9 Å². The van der Waals surface area contributed by atoms with E-state index in [2.05, 4.69) is 0 Å². The molecule has 1 aromatic rings. The molecule has 0 aliphatic carbocycles. The van der Waals surface area contributed by atoms with Gasteiger partial charge in [0.1, 0.15) is 0 Å². The minimum Gasteiger partial charge on any atom is -0.287 e. The van der Waals surface area contributed by atoms with E-state index < -0.39 is 0 Å². The van der Waals surface area contributed by atoms with E-state index in [-0.39, 0.29) is 0 Å². The predicted octanol–water partition coefficient (Wildman–Crippen LogP) is 0.402. The van der Waals surface area contributed by atoms with E-state index in [9.17, 15) is 0 Å².